The smallest absolute Gasteiger partial charge is 0.243 e. The molecule has 0 unspecified atom stereocenters. The number of amides is 1. The number of ether oxygens (including phenoxy) is 1. The van der Waals surface area contributed by atoms with Crippen LogP contribution in [0.4, 0.5) is 0 Å². The van der Waals surface area contributed by atoms with E-state index in [-0.39, 0.29) is 11.8 Å². The lowest BCUT2D eigenvalue weighted by atomic mass is 10.0. The van der Waals surface area contributed by atoms with E-state index in [0.29, 0.717) is 41.6 Å². The van der Waals surface area contributed by atoms with Crippen LogP contribution in [0, 0.1) is 5.92 Å². The minimum Gasteiger partial charge on any atom is -0.476 e. The van der Waals surface area contributed by atoms with Gasteiger partial charge < -0.3 is 10.1 Å². The fourth-order valence-corrected chi connectivity index (χ4v) is 2.32. The summed E-state index contributed by atoms with van der Waals surface area (Å²) in [6.07, 6.45) is 4.54. The number of hydrogen-bond donors (Lipinski definition) is 1. The predicted octanol–water partition coefficient (Wildman–Crippen LogP) is 1.58. The maximum atomic E-state index is 11.1. The third-order valence-corrected chi connectivity index (χ3v) is 3.41. The lowest BCUT2D eigenvalue weighted by molar-refractivity contribution is -0.123. The van der Waals surface area contributed by atoms with Gasteiger partial charge in [-0.25, -0.2) is 4.98 Å². The highest BCUT2D eigenvalue weighted by atomic mass is 35.5. The first-order valence-electron chi connectivity index (χ1n) is 6.39. The molecule has 0 bridgehead atoms. The summed E-state index contributed by atoms with van der Waals surface area (Å²) in [6.45, 7) is 1.10. The first kappa shape index (κ1) is 13.1. The standard InChI is InChI=1S/C13H13ClN4O2/c14-10-5-9-12(16-4-3-15-9)13(18-10)20-7-8-1-2-11(19)17-6-8/h3-5,8H,1-2,6-7H2,(H,17,19)/t8-/m1/s1. The summed E-state index contributed by atoms with van der Waals surface area (Å²) in [6, 6.07) is 1.65. The topological polar surface area (TPSA) is 77.0 Å². The van der Waals surface area contributed by atoms with E-state index in [2.05, 4.69) is 20.3 Å². The number of rotatable bonds is 3. The maximum Gasteiger partial charge on any atom is 0.243 e. The van der Waals surface area contributed by atoms with Gasteiger partial charge in [-0.3, -0.25) is 9.78 Å². The lowest BCUT2D eigenvalue weighted by Crippen LogP contribution is -2.37. The van der Waals surface area contributed by atoms with Crippen LogP contribution in [-0.2, 0) is 4.79 Å². The number of carbonyl (C=O) groups excluding carboxylic acids is 1. The van der Waals surface area contributed by atoms with Crippen molar-refractivity contribution in [2.45, 2.75) is 12.8 Å². The van der Waals surface area contributed by atoms with Crippen molar-refractivity contribution in [1.82, 2.24) is 20.3 Å². The minimum absolute atomic E-state index is 0.0958. The van der Waals surface area contributed by atoms with Gasteiger partial charge in [0.2, 0.25) is 11.8 Å². The number of aromatic nitrogens is 3. The van der Waals surface area contributed by atoms with Gasteiger partial charge in [0.1, 0.15) is 5.15 Å². The van der Waals surface area contributed by atoms with Crippen molar-refractivity contribution < 1.29 is 9.53 Å². The molecule has 0 radical (unpaired) electrons. The Bertz CT molecular complexity index is 639. The van der Waals surface area contributed by atoms with E-state index in [0.717, 1.165) is 6.42 Å². The molecule has 6 nitrogen and oxygen atoms in total. The van der Waals surface area contributed by atoms with Crippen LogP contribution >= 0.6 is 11.6 Å². The molecule has 0 aliphatic carbocycles. The van der Waals surface area contributed by atoms with Gasteiger partial charge in [-0.15, -0.1) is 0 Å². The first-order valence-corrected chi connectivity index (χ1v) is 6.77. The molecule has 7 heteroatoms. The number of pyridine rings is 1. The van der Waals surface area contributed by atoms with Gasteiger partial charge in [0.15, 0.2) is 5.52 Å². The molecule has 0 saturated carbocycles. The Balaban J connectivity index is 1.75. The molecule has 3 heterocycles. The number of nitrogens with one attached hydrogen (secondary N) is 1. The van der Waals surface area contributed by atoms with Crippen molar-refractivity contribution in [2.75, 3.05) is 13.2 Å². The molecule has 0 spiro atoms. The minimum atomic E-state index is 0.0958. The molecule has 1 N–H and O–H groups in total. The summed E-state index contributed by atoms with van der Waals surface area (Å²) in [5, 5.41) is 3.15. The predicted molar refractivity (Wildman–Crippen MR) is 73.6 cm³/mol. The molecule has 1 atom stereocenters. The monoisotopic (exact) mass is 292 g/mol. The summed E-state index contributed by atoms with van der Waals surface area (Å²) in [4.78, 5) is 23.7. The molecule has 104 valence electrons. The van der Waals surface area contributed by atoms with E-state index in [1.807, 2.05) is 0 Å². The van der Waals surface area contributed by atoms with Crippen LogP contribution in [0.1, 0.15) is 12.8 Å². The third kappa shape index (κ3) is 2.80. The number of carbonyl (C=O) groups is 1. The van der Waals surface area contributed by atoms with E-state index in [4.69, 9.17) is 16.3 Å². The zero-order valence-electron chi connectivity index (χ0n) is 10.7. The molecule has 1 aliphatic rings. The largest absolute Gasteiger partial charge is 0.476 e. The van der Waals surface area contributed by atoms with Crippen LogP contribution < -0.4 is 10.1 Å². The van der Waals surface area contributed by atoms with Crippen molar-refractivity contribution in [3.63, 3.8) is 0 Å². The highest BCUT2D eigenvalue weighted by molar-refractivity contribution is 6.30. The van der Waals surface area contributed by atoms with E-state index >= 15 is 0 Å². The van der Waals surface area contributed by atoms with Gasteiger partial charge in [0, 0.05) is 37.3 Å². The Morgan fingerprint density at radius 2 is 2.25 bits per heavy atom. The lowest BCUT2D eigenvalue weighted by Gasteiger charge is -2.22. The van der Waals surface area contributed by atoms with Crippen LogP contribution in [0.15, 0.2) is 18.5 Å². The number of nitrogens with zero attached hydrogens (tertiary/aromatic N) is 3. The maximum absolute atomic E-state index is 11.1. The zero-order chi connectivity index (χ0) is 13.9. The number of piperidine rings is 1. The second-order valence-electron chi connectivity index (χ2n) is 4.69. The van der Waals surface area contributed by atoms with Gasteiger partial charge in [-0.05, 0) is 6.42 Å². The normalized spacial score (nSPS) is 18.9. The molecule has 0 aromatic carbocycles. The molecule has 1 saturated heterocycles. The van der Waals surface area contributed by atoms with Crippen LogP contribution in [0.2, 0.25) is 5.15 Å². The second kappa shape index (κ2) is 5.58. The van der Waals surface area contributed by atoms with Crippen LogP contribution in [0.3, 0.4) is 0 Å². The average molecular weight is 293 g/mol. The van der Waals surface area contributed by atoms with Crippen LogP contribution in [-0.4, -0.2) is 34.0 Å². The average Bonchev–Trinajstić information content (AvgIpc) is 2.46. The Kier molecular flexibility index (Phi) is 3.64. The van der Waals surface area contributed by atoms with Crippen molar-refractivity contribution in [1.29, 1.82) is 0 Å². The van der Waals surface area contributed by atoms with Gasteiger partial charge >= 0.3 is 0 Å². The number of hydrogen-bond acceptors (Lipinski definition) is 5. The fraction of sp³-hybridized carbons (Fsp3) is 0.385. The SMILES string of the molecule is O=C1CC[C@@H](COc2nc(Cl)cc3nccnc23)CN1. The fourth-order valence-electron chi connectivity index (χ4n) is 2.14. The molecular formula is C13H13ClN4O2. The summed E-state index contributed by atoms with van der Waals surface area (Å²) in [5.41, 5.74) is 1.25. The van der Waals surface area contributed by atoms with Gasteiger partial charge in [0.05, 0.1) is 12.1 Å². The molecule has 1 amide bonds. The Morgan fingerprint density at radius 3 is 3.05 bits per heavy atom. The summed E-state index contributed by atoms with van der Waals surface area (Å²) < 4.78 is 5.73. The Morgan fingerprint density at radius 1 is 1.40 bits per heavy atom. The van der Waals surface area contributed by atoms with E-state index in [1.54, 1.807) is 18.5 Å². The van der Waals surface area contributed by atoms with Crippen molar-refractivity contribution in [3.8, 4) is 5.88 Å². The molecule has 3 rings (SSSR count). The van der Waals surface area contributed by atoms with Crippen LogP contribution in [0.5, 0.6) is 5.88 Å². The van der Waals surface area contributed by atoms with E-state index in [1.165, 1.54) is 0 Å². The van der Waals surface area contributed by atoms with Crippen molar-refractivity contribution in [3.05, 3.63) is 23.6 Å². The zero-order valence-corrected chi connectivity index (χ0v) is 11.4. The molecule has 1 fully saturated rings. The molecule has 2 aromatic heterocycles. The van der Waals surface area contributed by atoms with Gasteiger partial charge in [-0.2, -0.15) is 4.98 Å². The molecule has 1 aliphatic heterocycles. The number of halogens is 1. The second-order valence-corrected chi connectivity index (χ2v) is 5.08. The quantitative estimate of drug-likeness (QED) is 0.869. The van der Waals surface area contributed by atoms with E-state index < -0.39 is 0 Å². The summed E-state index contributed by atoms with van der Waals surface area (Å²) in [5.74, 6) is 0.760. The number of fused-ring (bicyclic) bond motifs is 1. The molecular weight excluding hydrogens is 280 g/mol. The van der Waals surface area contributed by atoms with Crippen LogP contribution in [0.25, 0.3) is 11.0 Å². The van der Waals surface area contributed by atoms with Crippen molar-refractivity contribution in [2.24, 2.45) is 5.92 Å². The third-order valence-electron chi connectivity index (χ3n) is 3.22. The Labute approximate surface area is 120 Å². The van der Waals surface area contributed by atoms with E-state index in [9.17, 15) is 4.79 Å². The first-order chi connectivity index (χ1) is 9.72. The summed E-state index contributed by atoms with van der Waals surface area (Å²) in [7, 11) is 0. The highest BCUT2D eigenvalue weighted by Crippen LogP contribution is 2.24. The van der Waals surface area contributed by atoms with Gasteiger partial charge in [0.25, 0.3) is 0 Å². The summed E-state index contributed by atoms with van der Waals surface area (Å²) >= 11 is 5.95. The Hall–Kier alpha value is -1.95. The van der Waals surface area contributed by atoms with Gasteiger partial charge in [-0.1, -0.05) is 11.6 Å². The van der Waals surface area contributed by atoms with Crippen molar-refractivity contribution >= 4 is 28.5 Å². The highest BCUT2D eigenvalue weighted by Gasteiger charge is 2.19. The molecule has 2 aromatic rings. The molecule has 20 heavy (non-hydrogen) atoms.